The Bertz CT molecular complexity index is 2630. The number of hydrogen-bond acceptors (Lipinski definition) is 11. The van der Waals surface area contributed by atoms with Crippen LogP contribution < -0.4 is 48.0 Å². The molecule has 0 bridgehead atoms. The van der Waals surface area contributed by atoms with Crippen LogP contribution in [0.5, 0.6) is 0 Å². The molecule has 1 unspecified atom stereocenters. The number of unbranched alkanes of at least 4 members (excludes halogenated alkanes) is 1. The van der Waals surface area contributed by atoms with Crippen LogP contribution in [0.1, 0.15) is 171 Å². The molecule has 482 valence electrons. The molecule has 4 rings (SSSR count). The second-order valence-electron chi connectivity index (χ2n) is 24.5. The summed E-state index contributed by atoms with van der Waals surface area (Å²) in [4.78, 5) is 88.2. The van der Waals surface area contributed by atoms with Crippen LogP contribution in [0.15, 0.2) is 103 Å². The summed E-state index contributed by atoms with van der Waals surface area (Å²) < 4.78 is 0. The van der Waals surface area contributed by atoms with Crippen molar-refractivity contribution >= 4 is 67.6 Å². The molecule has 0 saturated carbocycles. The Balaban J connectivity index is 0.000000451. The molecule has 0 spiro atoms. The lowest BCUT2D eigenvalue weighted by Crippen LogP contribution is -2.45. The van der Waals surface area contributed by atoms with Gasteiger partial charge in [-0.3, -0.25) is 28.8 Å². The molecule has 0 heterocycles. The van der Waals surface area contributed by atoms with E-state index in [0.717, 1.165) is 55.6 Å². The number of benzene rings is 4. The Morgan fingerprint density at radius 1 is 0.437 bits per heavy atom. The van der Waals surface area contributed by atoms with Gasteiger partial charge in [0.15, 0.2) is 17.3 Å². The van der Waals surface area contributed by atoms with Gasteiger partial charge in [0.05, 0.1) is 18.1 Å². The number of nitrogens with one attached hydrogen (secondary N) is 8. The number of ketones is 3. The smallest absolute Gasteiger partial charge is 0.312 e. The third-order valence-electron chi connectivity index (χ3n) is 14.9. The van der Waals surface area contributed by atoms with Crippen LogP contribution >= 0.6 is 9.39 Å². The highest BCUT2D eigenvalue weighted by molar-refractivity contribution is 7.13. The number of rotatable bonds is 37. The Morgan fingerprint density at radius 3 is 1.21 bits per heavy atom. The molecule has 10 N–H and O–H groups in total. The number of hydrogen-bond donors (Lipinski definition) is 9. The first-order chi connectivity index (χ1) is 41.3. The number of carbonyl (C=O) groups excluding carboxylic acids is 7. The van der Waals surface area contributed by atoms with Gasteiger partial charge in [-0.1, -0.05) is 179 Å². The number of carbonyl (C=O) groups is 7. The van der Waals surface area contributed by atoms with E-state index in [1.54, 1.807) is 6.92 Å². The average Bonchev–Trinajstić information content (AvgIpc) is 3.50. The fraction of sp³-hybridized carbons (Fsp3) is 0.557. The molecule has 87 heavy (non-hydrogen) atoms. The molecular weight excluding hydrogens is 1110 g/mol. The van der Waals surface area contributed by atoms with E-state index in [9.17, 15) is 33.6 Å². The van der Waals surface area contributed by atoms with Crippen LogP contribution in [0.4, 0.5) is 21.9 Å². The lowest BCUT2D eigenvalue weighted by atomic mass is 9.89. The summed E-state index contributed by atoms with van der Waals surface area (Å²) in [5, 5.41) is 24.5. The zero-order valence-electron chi connectivity index (χ0n) is 55.1. The van der Waals surface area contributed by atoms with Gasteiger partial charge in [-0.2, -0.15) is 0 Å². The SMILES string of the molecule is CCc1ccc(NC(=O)[C@H](C)CC(=O)[C@@H](NC(C)C)C(C)C)cc1.CCc1ccc(NC(=O)[C@H](CCCCNP)CC(=O)[C@H](Cc2ccccc2)NC(C)C)cc1.CCc1ccc(NC(=O)[C@H](CCCNC(N)=O)CC(=O)[C@@H](NC(C)C)C(C)C)cc1. The van der Waals surface area contributed by atoms with E-state index in [0.29, 0.717) is 37.9 Å². The molecule has 5 amide bonds. The number of aryl methyl sites for hydroxylation is 3. The predicted molar refractivity (Wildman–Crippen MR) is 363 cm³/mol. The van der Waals surface area contributed by atoms with Crippen molar-refractivity contribution in [2.45, 2.75) is 210 Å². The number of anilines is 3. The number of amides is 5. The van der Waals surface area contributed by atoms with Gasteiger partial charge in [-0.25, -0.2) is 4.79 Å². The molecular formula is C70H110N9O7P. The van der Waals surface area contributed by atoms with Gasteiger partial charge in [0.1, 0.15) is 0 Å². The maximum Gasteiger partial charge on any atom is 0.312 e. The highest BCUT2D eigenvalue weighted by Gasteiger charge is 2.31. The molecule has 0 radical (unpaired) electrons. The summed E-state index contributed by atoms with van der Waals surface area (Å²) in [5.74, 6) is -0.984. The summed E-state index contributed by atoms with van der Waals surface area (Å²) in [5.41, 5.74) is 12.1. The van der Waals surface area contributed by atoms with Crippen molar-refractivity contribution in [1.29, 1.82) is 0 Å². The largest absolute Gasteiger partial charge is 0.352 e. The predicted octanol–water partition coefficient (Wildman–Crippen LogP) is 12.0. The molecule has 0 aliphatic heterocycles. The first kappa shape index (κ1) is 76.9. The fourth-order valence-electron chi connectivity index (χ4n) is 9.88. The van der Waals surface area contributed by atoms with E-state index in [2.05, 4.69) is 72.5 Å². The van der Waals surface area contributed by atoms with Gasteiger partial charge in [-0.15, -0.1) is 0 Å². The van der Waals surface area contributed by atoms with Crippen LogP contribution in [-0.2, 0) is 54.5 Å². The topological polar surface area (TPSA) is 242 Å². The fourth-order valence-corrected chi connectivity index (χ4v) is 10.1. The molecule has 4 aromatic rings. The second kappa shape index (κ2) is 42.7. The number of Topliss-reactive ketones (excluding diaryl/α,β-unsaturated/α-hetero) is 3. The standard InChI is InChI=1S/C27H40N3O2P.C23H38N4O3.C20H32N2O2/c1-4-21-13-15-24(16-14-21)30-27(32)23(12-8-9-17-28-33)19-26(31)25(29-20(2)3)18-22-10-6-5-7-11-22;1-6-17-9-11-19(12-10-17)27-22(29)18(8-7-13-25-23(24)30)14-20(28)21(15(2)3)26-16(4)5;1-7-16-8-10-17(11-9-16)22-20(24)15(6)12-18(23)19(13(2)3)21-14(4)5/h5-7,10-11,13-16,20,23,25,28-29H,4,8-9,12,17-19,33H2,1-3H3,(H,30,32);9-12,15-16,18,21,26H,6-8,13-14H2,1-5H3,(H,27,29)(H3,24,25,30);8-11,13-15,19,21H,7,12H2,1-6H3,(H,22,24)/t23-,25+;18-,21+;15-,19+/m111/s1. The first-order valence-corrected chi connectivity index (χ1v) is 32.4. The molecule has 17 heteroatoms. The summed E-state index contributed by atoms with van der Waals surface area (Å²) in [7, 11) is 2.50. The van der Waals surface area contributed by atoms with Crippen molar-refractivity contribution in [3.63, 3.8) is 0 Å². The van der Waals surface area contributed by atoms with Crippen LogP contribution in [0.25, 0.3) is 0 Å². The number of nitrogens with two attached hydrogens (primary N) is 1. The zero-order chi connectivity index (χ0) is 65.0. The molecule has 0 aliphatic carbocycles. The lowest BCUT2D eigenvalue weighted by molar-refractivity contribution is -0.128. The molecule has 16 nitrogen and oxygen atoms in total. The van der Waals surface area contributed by atoms with Crippen molar-refractivity contribution in [2.75, 3.05) is 29.0 Å². The minimum absolute atomic E-state index is 0.0306. The minimum atomic E-state index is -0.593. The van der Waals surface area contributed by atoms with E-state index < -0.39 is 11.9 Å². The summed E-state index contributed by atoms with van der Waals surface area (Å²) in [6, 6.07) is 32.7. The molecule has 0 fully saturated rings. The van der Waals surface area contributed by atoms with E-state index in [-0.39, 0.29) is 114 Å². The van der Waals surface area contributed by atoms with Gasteiger partial charge < -0.3 is 48.0 Å². The summed E-state index contributed by atoms with van der Waals surface area (Å²) in [6.45, 7) is 29.5. The van der Waals surface area contributed by atoms with E-state index in [4.69, 9.17) is 5.73 Å². The Morgan fingerprint density at radius 2 is 0.828 bits per heavy atom. The number of urea groups is 1. The van der Waals surface area contributed by atoms with Crippen molar-refractivity contribution in [3.05, 3.63) is 125 Å². The van der Waals surface area contributed by atoms with Gasteiger partial charge in [0.2, 0.25) is 17.7 Å². The normalized spacial score (nSPS) is 13.3. The quantitative estimate of drug-likeness (QED) is 0.0152. The molecule has 4 aromatic carbocycles. The van der Waals surface area contributed by atoms with Crippen LogP contribution in [0.2, 0.25) is 0 Å². The molecule has 0 aromatic heterocycles. The molecule has 0 aliphatic rings. The third-order valence-corrected chi connectivity index (χ3v) is 15.2. The monoisotopic (exact) mass is 1220 g/mol. The van der Waals surface area contributed by atoms with Crippen LogP contribution in [-0.4, -0.2) is 90.4 Å². The maximum absolute atomic E-state index is 13.4. The van der Waals surface area contributed by atoms with Crippen molar-refractivity contribution < 1.29 is 33.6 Å². The Kier molecular flexibility index (Phi) is 37.7. The van der Waals surface area contributed by atoms with E-state index >= 15 is 0 Å². The summed E-state index contributed by atoms with van der Waals surface area (Å²) in [6.07, 6.45) is 7.72. The Labute approximate surface area is 525 Å². The summed E-state index contributed by atoms with van der Waals surface area (Å²) >= 11 is 0. The van der Waals surface area contributed by atoms with E-state index in [1.807, 2.05) is 172 Å². The van der Waals surface area contributed by atoms with E-state index in [1.165, 1.54) is 16.7 Å². The minimum Gasteiger partial charge on any atom is -0.352 e. The lowest BCUT2D eigenvalue weighted by Gasteiger charge is -2.25. The van der Waals surface area contributed by atoms with Crippen molar-refractivity contribution in [1.82, 2.24) is 26.4 Å². The second-order valence-corrected chi connectivity index (χ2v) is 24.9. The Hall–Kier alpha value is -6.16. The molecule has 0 saturated heterocycles. The van der Waals surface area contributed by atoms with Crippen molar-refractivity contribution in [3.8, 4) is 0 Å². The highest BCUT2D eigenvalue weighted by atomic mass is 31.0. The average molecular weight is 1220 g/mol. The zero-order valence-corrected chi connectivity index (χ0v) is 56.2. The number of primary amides is 1. The first-order valence-electron chi connectivity index (χ1n) is 31.9. The van der Waals surface area contributed by atoms with Crippen molar-refractivity contribution in [2.24, 2.45) is 35.3 Å². The van der Waals surface area contributed by atoms with Gasteiger partial charge in [0, 0.05) is 78.7 Å². The molecule has 7 atom stereocenters. The van der Waals surface area contributed by atoms with Crippen LogP contribution in [0, 0.1) is 29.6 Å². The van der Waals surface area contributed by atoms with Gasteiger partial charge >= 0.3 is 6.03 Å². The highest BCUT2D eigenvalue weighted by Crippen LogP contribution is 2.23. The third kappa shape index (κ3) is 32.1. The van der Waals surface area contributed by atoms with Crippen LogP contribution in [0.3, 0.4) is 0 Å². The van der Waals surface area contributed by atoms with Gasteiger partial charge in [-0.05, 0) is 128 Å². The maximum atomic E-state index is 13.4. The van der Waals surface area contributed by atoms with Gasteiger partial charge in [0.25, 0.3) is 0 Å².